The summed E-state index contributed by atoms with van der Waals surface area (Å²) in [6.07, 6.45) is 5.08. The van der Waals surface area contributed by atoms with E-state index < -0.39 is 0 Å². The molecule has 2 rings (SSSR count). The third-order valence-electron chi connectivity index (χ3n) is 3.84. The number of ether oxygens (including phenoxy) is 2. The molecule has 0 saturated carbocycles. The van der Waals surface area contributed by atoms with E-state index in [4.69, 9.17) is 9.47 Å². The number of nitrogens with one attached hydrogen (secondary N) is 1. The molecule has 2 aromatic rings. The van der Waals surface area contributed by atoms with Crippen molar-refractivity contribution in [2.24, 2.45) is 0 Å². The fraction of sp³-hybridized carbons (Fsp3) is 0.300. The lowest BCUT2D eigenvalue weighted by molar-refractivity contribution is -0.115. The van der Waals surface area contributed by atoms with E-state index in [1.165, 1.54) is 10.6 Å². The molecular weight excluding hydrogens is 332 g/mol. The maximum atomic E-state index is 12.7. The Labute approximate surface area is 153 Å². The van der Waals surface area contributed by atoms with Crippen LogP contribution < -0.4 is 20.3 Å². The second kappa shape index (κ2) is 9.46. The Balaban J connectivity index is 2.46. The summed E-state index contributed by atoms with van der Waals surface area (Å²) in [4.78, 5) is 24.9. The summed E-state index contributed by atoms with van der Waals surface area (Å²) >= 11 is 0. The summed E-state index contributed by atoms with van der Waals surface area (Å²) in [5.41, 5.74) is 0.697. The fourth-order valence-corrected chi connectivity index (χ4v) is 2.44. The lowest BCUT2D eigenvalue weighted by atomic mass is 10.1. The van der Waals surface area contributed by atoms with Gasteiger partial charge in [-0.1, -0.05) is 25.5 Å². The van der Waals surface area contributed by atoms with Gasteiger partial charge < -0.3 is 14.8 Å². The number of unbranched alkanes of at least 4 members (excludes halogenated alkanes) is 1. The number of rotatable bonds is 8. The predicted molar refractivity (Wildman–Crippen MR) is 102 cm³/mol. The summed E-state index contributed by atoms with van der Waals surface area (Å²) in [6, 6.07) is 10.1. The summed E-state index contributed by atoms with van der Waals surface area (Å²) in [7, 11) is 3.11. The molecule has 0 unspecified atom stereocenters. The van der Waals surface area contributed by atoms with Gasteiger partial charge in [0, 0.05) is 18.8 Å². The van der Waals surface area contributed by atoms with Crippen LogP contribution in [-0.2, 0) is 4.79 Å². The van der Waals surface area contributed by atoms with Gasteiger partial charge in [0.25, 0.3) is 11.5 Å². The molecule has 26 heavy (non-hydrogen) atoms. The van der Waals surface area contributed by atoms with Crippen LogP contribution >= 0.6 is 0 Å². The molecule has 0 atom stereocenters. The lowest BCUT2D eigenvalue weighted by Gasteiger charge is -2.12. The van der Waals surface area contributed by atoms with Crippen molar-refractivity contribution in [1.29, 1.82) is 0 Å². The van der Waals surface area contributed by atoms with Crippen molar-refractivity contribution >= 4 is 17.7 Å². The monoisotopic (exact) mass is 356 g/mol. The van der Waals surface area contributed by atoms with E-state index in [2.05, 4.69) is 5.32 Å². The van der Waals surface area contributed by atoms with Crippen molar-refractivity contribution in [2.45, 2.75) is 19.8 Å². The minimum Gasteiger partial charge on any atom is -0.493 e. The topological polar surface area (TPSA) is 69.6 Å². The van der Waals surface area contributed by atoms with Gasteiger partial charge in [-0.2, -0.15) is 0 Å². The third kappa shape index (κ3) is 4.75. The minimum absolute atomic E-state index is 0.249. The molecule has 1 aromatic heterocycles. The van der Waals surface area contributed by atoms with E-state index in [0.717, 1.165) is 18.4 Å². The maximum absolute atomic E-state index is 12.7. The van der Waals surface area contributed by atoms with Gasteiger partial charge in [0.15, 0.2) is 11.5 Å². The third-order valence-corrected chi connectivity index (χ3v) is 3.84. The van der Waals surface area contributed by atoms with Crippen LogP contribution in [0, 0.1) is 0 Å². The van der Waals surface area contributed by atoms with Crippen molar-refractivity contribution in [2.75, 3.05) is 20.8 Å². The molecule has 6 nitrogen and oxygen atoms in total. The number of amides is 1. The van der Waals surface area contributed by atoms with Gasteiger partial charge in [-0.25, -0.2) is 0 Å². The summed E-state index contributed by atoms with van der Waals surface area (Å²) in [6.45, 7) is 2.61. The molecule has 1 heterocycles. The standard InChI is InChI=1S/C20H24N2O4/c1-4-5-11-21-20(24)16(22-12-7-6-8-19(22)23)13-15-9-10-17(25-2)18(14-15)26-3/h6-10,12-14H,4-5,11H2,1-3H3,(H,21,24)/b16-13+. The second-order valence-corrected chi connectivity index (χ2v) is 5.66. The first-order valence-corrected chi connectivity index (χ1v) is 8.50. The molecule has 1 aromatic carbocycles. The first-order valence-electron chi connectivity index (χ1n) is 8.50. The molecule has 0 spiro atoms. The molecule has 0 radical (unpaired) electrons. The average molecular weight is 356 g/mol. The minimum atomic E-state index is -0.304. The molecule has 0 bridgehead atoms. The Morgan fingerprint density at radius 1 is 1.15 bits per heavy atom. The van der Waals surface area contributed by atoms with Gasteiger partial charge in [-0.05, 0) is 36.3 Å². The highest BCUT2D eigenvalue weighted by Crippen LogP contribution is 2.28. The first-order chi connectivity index (χ1) is 12.6. The van der Waals surface area contributed by atoms with E-state index in [1.807, 2.05) is 6.92 Å². The molecule has 0 aliphatic heterocycles. The first kappa shape index (κ1) is 19.3. The molecular formula is C20H24N2O4. The molecule has 1 amide bonds. The van der Waals surface area contributed by atoms with Gasteiger partial charge in [0.2, 0.25) is 0 Å². The Hall–Kier alpha value is -3.02. The van der Waals surface area contributed by atoms with Gasteiger partial charge in [-0.15, -0.1) is 0 Å². The number of aromatic nitrogens is 1. The zero-order valence-corrected chi connectivity index (χ0v) is 15.3. The number of hydrogen-bond acceptors (Lipinski definition) is 4. The number of hydrogen-bond donors (Lipinski definition) is 1. The molecule has 0 saturated heterocycles. The van der Waals surface area contributed by atoms with Gasteiger partial charge in [0.05, 0.1) is 14.2 Å². The SMILES string of the molecule is CCCCNC(=O)/C(=C\c1ccc(OC)c(OC)c1)n1ccccc1=O. The Kier molecular flexibility index (Phi) is 7.02. The zero-order valence-electron chi connectivity index (χ0n) is 15.3. The normalized spacial score (nSPS) is 11.1. The van der Waals surface area contributed by atoms with Crippen LogP contribution in [0.2, 0.25) is 0 Å². The highest BCUT2D eigenvalue weighted by atomic mass is 16.5. The van der Waals surface area contributed by atoms with Crippen molar-refractivity contribution in [3.05, 3.63) is 58.5 Å². The van der Waals surface area contributed by atoms with Crippen molar-refractivity contribution in [3.63, 3.8) is 0 Å². The highest BCUT2D eigenvalue weighted by molar-refractivity contribution is 6.18. The molecule has 0 fully saturated rings. The van der Waals surface area contributed by atoms with E-state index in [0.29, 0.717) is 18.0 Å². The van der Waals surface area contributed by atoms with Crippen molar-refractivity contribution < 1.29 is 14.3 Å². The van der Waals surface area contributed by atoms with Gasteiger partial charge >= 0.3 is 0 Å². The molecule has 0 aliphatic carbocycles. The fourth-order valence-electron chi connectivity index (χ4n) is 2.44. The van der Waals surface area contributed by atoms with E-state index in [1.54, 1.807) is 56.8 Å². The van der Waals surface area contributed by atoms with Gasteiger partial charge in [0.1, 0.15) is 5.70 Å². The lowest BCUT2D eigenvalue weighted by Crippen LogP contribution is -2.31. The second-order valence-electron chi connectivity index (χ2n) is 5.66. The Bertz CT molecular complexity index is 840. The van der Waals surface area contributed by atoms with E-state index >= 15 is 0 Å². The summed E-state index contributed by atoms with van der Waals surface area (Å²) in [5.74, 6) is 0.837. The molecule has 1 N–H and O–H groups in total. The summed E-state index contributed by atoms with van der Waals surface area (Å²) in [5, 5.41) is 2.86. The Morgan fingerprint density at radius 3 is 2.58 bits per heavy atom. The zero-order chi connectivity index (χ0) is 18.9. The summed E-state index contributed by atoms with van der Waals surface area (Å²) < 4.78 is 11.9. The molecule has 0 aliphatic rings. The van der Waals surface area contributed by atoms with Crippen molar-refractivity contribution in [1.82, 2.24) is 9.88 Å². The van der Waals surface area contributed by atoms with Crippen LogP contribution in [0.5, 0.6) is 11.5 Å². The van der Waals surface area contributed by atoms with Gasteiger partial charge in [-0.3, -0.25) is 14.2 Å². The number of methoxy groups -OCH3 is 2. The van der Waals surface area contributed by atoms with Crippen molar-refractivity contribution in [3.8, 4) is 11.5 Å². The van der Waals surface area contributed by atoms with Crippen LogP contribution in [0.25, 0.3) is 11.8 Å². The predicted octanol–water partition coefficient (Wildman–Crippen LogP) is 2.78. The molecule has 138 valence electrons. The van der Waals surface area contributed by atoms with Crippen LogP contribution in [0.4, 0.5) is 0 Å². The largest absolute Gasteiger partial charge is 0.493 e. The van der Waals surface area contributed by atoms with Crippen LogP contribution in [-0.4, -0.2) is 31.2 Å². The number of nitrogens with zero attached hydrogens (tertiary/aromatic N) is 1. The van der Waals surface area contributed by atoms with Crippen LogP contribution in [0.1, 0.15) is 25.3 Å². The van der Waals surface area contributed by atoms with E-state index in [9.17, 15) is 9.59 Å². The van der Waals surface area contributed by atoms with Crippen LogP contribution in [0.15, 0.2) is 47.4 Å². The highest BCUT2D eigenvalue weighted by Gasteiger charge is 2.13. The Morgan fingerprint density at radius 2 is 1.92 bits per heavy atom. The molecule has 6 heteroatoms. The number of benzene rings is 1. The van der Waals surface area contributed by atoms with E-state index in [-0.39, 0.29) is 17.2 Å². The number of carbonyl (C=O) groups excluding carboxylic acids is 1. The smallest absolute Gasteiger partial charge is 0.268 e. The quantitative estimate of drug-likeness (QED) is 0.583. The number of pyridine rings is 1. The van der Waals surface area contributed by atoms with Crippen LogP contribution in [0.3, 0.4) is 0 Å². The number of carbonyl (C=O) groups is 1. The average Bonchev–Trinajstić information content (AvgIpc) is 2.66. The maximum Gasteiger partial charge on any atom is 0.268 e.